The maximum atomic E-state index is 11.4. The van der Waals surface area contributed by atoms with E-state index in [-0.39, 0.29) is 19.1 Å². The molecule has 2 N–H and O–H groups in total. The molecule has 0 unspecified atom stereocenters. The van der Waals surface area contributed by atoms with Crippen LogP contribution in [-0.2, 0) is 19.0 Å². The predicted molar refractivity (Wildman–Crippen MR) is 56.5 cm³/mol. The fourth-order valence-electron chi connectivity index (χ4n) is 0.716. The third-order valence-corrected chi connectivity index (χ3v) is 1.96. The first kappa shape index (κ1) is 14.3. The van der Waals surface area contributed by atoms with E-state index in [0.29, 0.717) is 19.8 Å². The molecule has 0 bridgehead atoms. The van der Waals surface area contributed by atoms with Gasteiger partial charge < -0.3 is 19.9 Å². The fourth-order valence-corrected chi connectivity index (χ4v) is 0.716. The number of carbonyl (C=O) groups is 1. The quantitative estimate of drug-likeness (QED) is 0.465. The lowest BCUT2D eigenvalue weighted by Crippen LogP contribution is -2.34. The molecule has 0 aromatic rings. The molecule has 90 valence electrons. The average molecular weight is 219 g/mol. The number of carbonyl (C=O) groups excluding carboxylic acids is 1. The molecule has 0 rings (SSSR count). The summed E-state index contributed by atoms with van der Waals surface area (Å²) in [5.41, 5.74) is 4.81. The van der Waals surface area contributed by atoms with Crippen molar-refractivity contribution in [2.24, 2.45) is 11.1 Å². The molecule has 0 fully saturated rings. The van der Waals surface area contributed by atoms with Crippen molar-refractivity contribution in [1.82, 2.24) is 0 Å². The van der Waals surface area contributed by atoms with Crippen molar-refractivity contribution in [1.29, 1.82) is 0 Å². The smallest absolute Gasteiger partial charge is 0.312 e. The molecule has 0 saturated carbocycles. The summed E-state index contributed by atoms with van der Waals surface area (Å²) in [6, 6.07) is 0. The molecule has 5 nitrogen and oxygen atoms in total. The first-order valence-electron chi connectivity index (χ1n) is 4.98. The summed E-state index contributed by atoms with van der Waals surface area (Å²) >= 11 is 0. The summed E-state index contributed by atoms with van der Waals surface area (Å²) in [5, 5.41) is 0. The molecule has 0 heterocycles. The van der Waals surface area contributed by atoms with E-state index in [1.807, 2.05) is 0 Å². The van der Waals surface area contributed by atoms with E-state index in [2.05, 4.69) is 0 Å². The van der Waals surface area contributed by atoms with Gasteiger partial charge in [0.25, 0.3) is 0 Å². The van der Waals surface area contributed by atoms with Gasteiger partial charge in [-0.15, -0.1) is 0 Å². The number of nitrogens with two attached hydrogens (primary N) is 1. The number of hydrogen-bond acceptors (Lipinski definition) is 5. The predicted octanol–water partition coefficient (Wildman–Crippen LogP) is 0.178. The minimum absolute atomic E-state index is 0.256. The van der Waals surface area contributed by atoms with Gasteiger partial charge in [-0.3, -0.25) is 4.79 Å². The molecule has 0 atom stereocenters. The number of rotatable bonds is 8. The zero-order valence-corrected chi connectivity index (χ0v) is 9.75. The number of ether oxygens (including phenoxy) is 3. The molecule has 15 heavy (non-hydrogen) atoms. The Morgan fingerprint density at radius 2 is 1.80 bits per heavy atom. The Morgan fingerprint density at radius 3 is 2.33 bits per heavy atom. The summed E-state index contributed by atoms with van der Waals surface area (Å²) in [4.78, 5) is 11.4. The zero-order valence-electron chi connectivity index (χ0n) is 9.75. The second-order valence-corrected chi connectivity index (χ2v) is 3.83. The van der Waals surface area contributed by atoms with Crippen LogP contribution in [-0.4, -0.2) is 46.1 Å². The Kier molecular flexibility index (Phi) is 7.29. The van der Waals surface area contributed by atoms with Crippen LogP contribution in [0.3, 0.4) is 0 Å². The number of esters is 1. The van der Waals surface area contributed by atoms with E-state index < -0.39 is 5.41 Å². The molecule has 0 aromatic heterocycles. The lowest BCUT2D eigenvalue weighted by Gasteiger charge is -2.19. The van der Waals surface area contributed by atoms with Crippen LogP contribution in [0.2, 0.25) is 0 Å². The van der Waals surface area contributed by atoms with Crippen molar-refractivity contribution in [3.05, 3.63) is 0 Å². The Labute approximate surface area is 90.9 Å². The first-order chi connectivity index (χ1) is 7.04. The Balaban J connectivity index is 3.47. The molecule has 0 aliphatic rings. The van der Waals surface area contributed by atoms with E-state index in [1.165, 1.54) is 0 Å². The summed E-state index contributed by atoms with van der Waals surface area (Å²) in [7, 11) is 1.60. The summed E-state index contributed by atoms with van der Waals surface area (Å²) in [6.45, 7) is 5.47. The molecular weight excluding hydrogens is 198 g/mol. The molecule has 0 aliphatic carbocycles. The second kappa shape index (κ2) is 7.62. The van der Waals surface area contributed by atoms with Gasteiger partial charge in [-0.05, 0) is 13.8 Å². The summed E-state index contributed by atoms with van der Waals surface area (Å²) in [6.07, 6.45) is 0. The van der Waals surface area contributed by atoms with E-state index in [9.17, 15) is 4.79 Å². The van der Waals surface area contributed by atoms with Crippen LogP contribution in [0.1, 0.15) is 13.8 Å². The highest BCUT2D eigenvalue weighted by molar-refractivity contribution is 5.76. The van der Waals surface area contributed by atoms with Crippen molar-refractivity contribution in [2.45, 2.75) is 13.8 Å². The van der Waals surface area contributed by atoms with E-state index in [0.717, 1.165) is 0 Å². The topological polar surface area (TPSA) is 70.8 Å². The van der Waals surface area contributed by atoms with Crippen molar-refractivity contribution in [3.8, 4) is 0 Å². The van der Waals surface area contributed by atoms with Crippen molar-refractivity contribution in [3.63, 3.8) is 0 Å². The minimum atomic E-state index is -0.619. The van der Waals surface area contributed by atoms with Gasteiger partial charge in [0, 0.05) is 13.7 Å². The normalized spacial score (nSPS) is 11.5. The van der Waals surface area contributed by atoms with Gasteiger partial charge in [-0.1, -0.05) is 0 Å². The van der Waals surface area contributed by atoms with Crippen LogP contribution >= 0.6 is 0 Å². The van der Waals surface area contributed by atoms with Gasteiger partial charge in [0.2, 0.25) is 0 Å². The second-order valence-electron chi connectivity index (χ2n) is 3.83. The van der Waals surface area contributed by atoms with Crippen molar-refractivity contribution in [2.75, 3.05) is 40.1 Å². The number of hydrogen-bond donors (Lipinski definition) is 1. The van der Waals surface area contributed by atoms with E-state index in [4.69, 9.17) is 19.9 Å². The molecule has 0 saturated heterocycles. The molecule has 0 aliphatic heterocycles. The van der Waals surface area contributed by atoms with Crippen LogP contribution in [0.4, 0.5) is 0 Å². The monoisotopic (exact) mass is 219 g/mol. The van der Waals surface area contributed by atoms with E-state index >= 15 is 0 Å². The van der Waals surface area contributed by atoms with Gasteiger partial charge >= 0.3 is 5.97 Å². The Bertz CT molecular complexity index is 182. The molecule has 0 amide bonds. The average Bonchev–Trinajstić information content (AvgIpc) is 2.22. The van der Waals surface area contributed by atoms with Gasteiger partial charge in [0.1, 0.15) is 6.61 Å². The Hall–Kier alpha value is -0.650. The SMILES string of the molecule is COCCOCCOC(=O)C(C)(C)CN. The molecule has 0 aromatic carbocycles. The van der Waals surface area contributed by atoms with Crippen LogP contribution in [0.25, 0.3) is 0 Å². The van der Waals surface area contributed by atoms with Gasteiger partial charge in [-0.25, -0.2) is 0 Å². The van der Waals surface area contributed by atoms with Crippen LogP contribution in [0, 0.1) is 5.41 Å². The van der Waals surface area contributed by atoms with Crippen LogP contribution in [0.5, 0.6) is 0 Å². The van der Waals surface area contributed by atoms with Crippen molar-refractivity contribution < 1.29 is 19.0 Å². The molecule has 0 spiro atoms. The lowest BCUT2D eigenvalue weighted by atomic mass is 9.94. The maximum absolute atomic E-state index is 11.4. The van der Waals surface area contributed by atoms with Crippen LogP contribution < -0.4 is 5.73 Å². The number of methoxy groups -OCH3 is 1. The zero-order chi connectivity index (χ0) is 11.7. The van der Waals surface area contributed by atoms with Gasteiger partial charge in [0.05, 0.1) is 25.2 Å². The summed E-state index contributed by atoms with van der Waals surface area (Å²) < 4.78 is 14.9. The highest BCUT2D eigenvalue weighted by Crippen LogP contribution is 2.14. The molecule has 5 heteroatoms. The third-order valence-electron chi connectivity index (χ3n) is 1.96. The highest BCUT2D eigenvalue weighted by atomic mass is 16.6. The largest absolute Gasteiger partial charge is 0.463 e. The summed E-state index contributed by atoms with van der Waals surface area (Å²) in [5.74, 6) is -0.291. The standard InChI is InChI=1S/C10H21NO4/c1-10(2,8-11)9(12)15-7-6-14-5-4-13-3/h4-8,11H2,1-3H3. The third kappa shape index (κ3) is 6.43. The maximum Gasteiger partial charge on any atom is 0.312 e. The lowest BCUT2D eigenvalue weighted by molar-refractivity contribution is -0.155. The molecule has 0 radical (unpaired) electrons. The van der Waals surface area contributed by atoms with Crippen LogP contribution in [0.15, 0.2) is 0 Å². The van der Waals surface area contributed by atoms with Gasteiger partial charge in [0.15, 0.2) is 0 Å². The Morgan fingerprint density at radius 1 is 1.20 bits per heavy atom. The highest BCUT2D eigenvalue weighted by Gasteiger charge is 2.27. The van der Waals surface area contributed by atoms with E-state index in [1.54, 1.807) is 21.0 Å². The minimum Gasteiger partial charge on any atom is -0.463 e. The fraction of sp³-hybridized carbons (Fsp3) is 0.900. The first-order valence-corrected chi connectivity index (χ1v) is 4.98. The van der Waals surface area contributed by atoms with Gasteiger partial charge in [-0.2, -0.15) is 0 Å². The molecular formula is C10H21NO4. The van der Waals surface area contributed by atoms with Crippen molar-refractivity contribution >= 4 is 5.97 Å².